The number of ketones is 1. The molecule has 0 aliphatic carbocycles. The molecule has 0 aliphatic rings. The van der Waals surface area contributed by atoms with Gasteiger partial charge in [0.15, 0.2) is 0 Å². The lowest BCUT2D eigenvalue weighted by molar-refractivity contribution is -0.175. The van der Waals surface area contributed by atoms with Gasteiger partial charge in [0.2, 0.25) is 11.8 Å². The van der Waals surface area contributed by atoms with Gasteiger partial charge in [0, 0.05) is 29.5 Å². The zero-order valence-electron chi connectivity index (χ0n) is 28.1. The molecule has 0 saturated heterocycles. The van der Waals surface area contributed by atoms with Gasteiger partial charge in [0.25, 0.3) is 17.6 Å². The second-order valence-electron chi connectivity index (χ2n) is 11.8. The van der Waals surface area contributed by atoms with Crippen molar-refractivity contribution in [1.82, 2.24) is 31.2 Å². The molecule has 0 aliphatic heterocycles. The van der Waals surface area contributed by atoms with E-state index in [-0.39, 0.29) is 42.1 Å². The number of nitrogens with one attached hydrogen (secondary N) is 4. The third-order valence-corrected chi connectivity index (χ3v) is 7.85. The molecule has 0 unspecified atom stereocenters. The monoisotopic (exact) mass is 754 g/mol. The summed E-state index contributed by atoms with van der Waals surface area (Å²) in [7, 11) is 1.35. The maximum Gasteiger partial charge on any atom is 0.452 e. The molecule has 0 saturated carbocycles. The molecule has 4 amide bonds. The number of nitrogens with zero attached hydrogens (tertiary/aromatic N) is 2. The van der Waals surface area contributed by atoms with Crippen molar-refractivity contribution in [1.29, 1.82) is 0 Å². The van der Waals surface area contributed by atoms with Crippen molar-refractivity contribution >= 4 is 41.0 Å². The summed E-state index contributed by atoms with van der Waals surface area (Å²) >= 11 is 5.84. The fourth-order valence-corrected chi connectivity index (χ4v) is 4.99. The van der Waals surface area contributed by atoms with Gasteiger partial charge in [-0.05, 0) is 55.0 Å². The van der Waals surface area contributed by atoms with E-state index in [2.05, 4.69) is 20.6 Å². The Labute approximate surface area is 300 Å². The van der Waals surface area contributed by atoms with Gasteiger partial charge in [0.1, 0.15) is 23.5 Å². The highest BCUT2D eigenvalue weighted by atomic mass is 35.5. The Balaban J connectivity index is 1.88. The Hall–Kier alpha value is -5.19. The van der Waals surface area contributed by atoms with E-state index in [1.54, 1.807) is 0 Å². The summed E-state index contributed by atoms with van der Waals surface area (Å²) in [5, 5.41) is 8.88. The summed E-state index contributed by atoms with van der Waals surface area (Å²) in [6.45, 7) is 2.60. The number of carbonyl (C=O) groups excluding carboxylic acids is 5. The highest BCUT2D eigenvalue weighted by molar-refractivity contribution is 6.30. The maximum absolute atomic E-state index is 15.3. The maximum atomic E-state index is 15.3. The van der Waals surface area contributed by atoms with Gasteiger partial charge < -0.3 is 26.0 Å². The number of amides is 4. The topological polar surface area (TPSA) is 168 Å². The van der Waals surface area contributed by atoms with Gasteiger partial charge in [0.05, 0.1) is 19.3 Å². The molecule has 0 bridgehead atoms. The third-order valence-electron chi connectivity index (χ3n) is 7.62. The molecule has 1 aromatic heterocycles. The number of halogens is 6. The minimum Gasteiger partial charge on any atom is -0.497 e. The molecule has 2 aromatic carbocycles. The Morgan fingerprint density at radius 1 is 0.885 bits per heavy atom. The van der Waals surface area contributed by atoms with Crippen LogP contribution in [0.15, 0.2) is 67.1 Å². The summed E-state index contributed by atoms with van der Waals surface area (Å²) < 4.78 is 75.8. The molecule has 0 fully saturated rings. The van der Waals surface area contributed by atoms with Crippen LogP contribution in [0.25, 0.3) is 0 Å². The molecule has 1 heterocycles. The highest BCUT2D eigenvalue weighted by Gasteiger charge is 2.46. The Morgan fingerprint density at radius 3 is 2.15 bits per heavy atom. The van der Waals surface area contributed by atoms with Gasteiger partial charge in [-0.1, -0.05) is 49.7 Å². The number of rotatable bonds is 17. The summed E-state index contributed by atoms with van der Waals surface area (Å²) in [6, 6.07) is 4.24. The first-order valence-electron chi connectivity index (χ1n) is 15.8. The van der Waals surface area contributed by atoms with Crippen molar-refractivity contribution < 1.29 is 50.7 Å². The van der Waals surface area contributed by atoms with E-state index in [1.165, 1.54) is 75.9 Å². The molecule has 12 nitrogen and oxygen atoms in total. The van der Waals surface area contributed by atoms with Gasteiger partial charge in [-0.15, -0.1) is 0 Å². The standard InChI is InChI=1S/C34H36ClF5N6O6/c1-19(2)26(28(47)34(38,39)40)45-31(50)27(20-10-12-23(52-3)13-11-20)46-30(49)24(9-4-5-14-43-29(48)25-18-41-15-16-42-25)44-32(51)33(36,37)21-7-6-8-22(35)17-21/h6-8,10-13,15-19,24,26-27H,4-5,9,14H2,1-3H3,(H,43,48)(H,44,51)(H,45,50)(H,46,49)/t24-,26-,27-/m0/s1. The predicted octanol–water partition coefficient (Wildman–Crippen LogP) is 4.45. The van der Waals surface area contributed by atoms with Gasteiger partial charge in [-0.2, -0.15) is 22.0 Å². The molecule has 3 atom stereocenters. The predicted molar refractivity (Wildman–Crippen MR) is 177 cm³/mol. The molecular formula is C34H36ClF5N6O6. The van der Waals surface area contributed by atoms with Crippen LogP contribution in [0, 0.1) is 5.92 Å². The van der Waals surface area contributed by atoms with Crippen molar-refractivity contribution in [2.24, 2.45) is 5.92 Å². The lowest BCUT2D eigenvalue weighted by atomic mass is 9.97. The van der Waals surface area contributed by atoms with Crippen molar-refractivity contribution in [3.05, 3.63) is 89.0 Å². The average molecular weight is 755 g/mol. The second kappa shape index (κ2) is 18.3. The number of Topliss-reactive ketones (excluding diaryl/α,β-unsaturated/α-hetero) is 1. The van der Waals surface area contributed by atoms with Crippen LogP contribution in [-0.2, 0) is 25.1 Å². The van der Waals surface area contributed by atoms with E-state index < -0.39 is 71.1 Å². The molecule has 18 heteroatoms. The third kappa shape index (κ3) is 11.4. The van der Waals surface area contributed by atoms with Crippen LogP contribution in [0.4, 0.5) is 22.0 Å². The van der Waals surface area contributed by atoms with E-state index >= 15 is 8.78 Å². The lowest BCUT2D eigenvalue weighted by Gasteiger charge is -2.28. The summed E-state index contributed by atoms with van der Waals surface area (Å²) in [5.41, 5.74) is -0.711. The van der Waals surface area contributed by atoms with Crippen molar-refractivity contribution in [2.75, 3.05) is 13.7 Å². The van der Waals surface area contributed by atoms with Crippen LogP contribution >= 0.6 is 11.6 Å². The van der Waals surface area contributed by atoms with E-state index in [9.17, 15) is 37.1 Å². The second-order valence-corrected chi connectivity index (χ2v) is 12.2. The summed E-state index contributed by atoms with van der Waals surface area (Å²) in [5.74, 6) is -11.9. The van der Waals surface area contributed by atoms with Crippen LogP contribution < -0.4 is 26.0 Å². The Bertz CT molecular complexity index is 1710. The van der Waals surface area contributed by atoms with Gasteiger partial charge in [-0.3, -0.25) is 29.0 Å². The Kier molecular flexibility index (Phi) is 14.5. The minimum absolute atomic E-state index is 0.0228. The van der Waals surface area contributed by atoms with E-state index in [0.29, 0.717) is 5.75 Å². The molecule has 0 spiro atoms. The van der Waals surface area contributed by atoms with Crippen LogP contribution in [-0.4, -0.2) is 71.3 Å². The molecule has 0 radical (unpaired) electrons. The SMILES string of the molecule is COc1ccc([C@H](NC(=O)[C@H](CCCCNC(=O)c2cnccn2)NC(=O)C(F)(F)c2cccc(Cl)c2)C(=O)N[C@H](C(=O)C(F)(F)F)C(C)C)cc1. The number of unbranched alkanes of at least 4 members (excludes halogenated alkanes) is 1. The summed E-state index contributed by atoms with van der Waals surface area (Å²) in [6.07, 6.45) is -1.40. The normalized spacial score (nSPS) is 13.3. The highest BCUT2D eigenvalue weighted by Crippen LogP contribution is 2.30. The van der Waals surface area contributed by atoms with Crippen LogP contribution in [0.5, 0.6) is 5.75 Å². The van der Waals surface area contributed by atoms with Crippen LogP contribution in [0.2, 0.25) is 5.02 Å². The number of hydrogen-bond donors (Lipinski definition) is 4. The number of ether oxygens (including phenoxy) is 1. The van der Waals surface area contributed by atoms with Crippen LogP contribution in [0.3, 0.4) is 0 Å². The first-order valence-corrected chi connectivity index (χ1v) is 16.2. The number of methoxy groups -OCH3 is 1. The number of alkyl halides is 5. The fraction of sp³-hybridized carbons (Fsp3) is 0.382. The van der Waals surface area contributed by atoms with Gasteiger partial charge in [-0.25, -0.2) is 4.98 Å². The molecular weight excluding hydrogens is 719 g/mol. The minimum atomic E-state index is -5.29. The quantitative estimate of drug-likeness (QED) is 0.116. The smallest absolute Gasteiger partial charge is 0.452 e. The molecule has 52 heavy (non-hydrogen) atoms. The zero-order chi connectivity index (χ0) is 38.6. The molecule has 3 rings (SSSR count). The number of benzene rings is 2. The van der Waals surface area contributed by atoms with Gasteiger partial charge >= 0.3 is 12.1 Å². The first kappa shape index (κ1) is 41.2. The van der Waals surface area contributed by atoms with Crippen molar-refractivity contribution in [3.8, 4) is 5.75 Å². The molecule has 280 valence electrons. The van der Waals surface area contributed by atoms with Crippen molar-refractivity contribution in [3.63, 3.8) is 0 Å². The number of hydrogen-bond acceptors (Lipinski definition) is 8. The van der Waals surface area contributed by atoms with Crippen LogP contribution in [0.1, 0.15) is 60.8 Å². The lowest BCUT2D eigenvalue weighted by Crippen LogP contribution is -2.55. The fourth-order valence-electron chi connectivity index (χ4n) is 4.80. The Morgan fingerprint density at radius 2 is 1.58 bits per heavy atom. The summed E-state index contributed by atoms with van der Waals surface area (Å²) in [4.78, 5) is 72.4. The van der Waals surface area contributed by atoms with E-state index in [0.717, 1.165) is 12.1 Å². The number of aromatic nitrogens is 2. The first-order chi connectivity index (χ1) is 24.4. The number of carbonyl (C=O) groups is 5. The molecule has 4 N–H and O–H groups in total. The van der Waals surface area contributed by atoms with E-state index in [4.69, 9.17) is 16.3 Å². The largest absolute Gasteiger partial charge is 0.497 e. The van der Waals surface area contributed by atoms with E-state index in [1.807, 2.05) is 10.6 Å². The average Bonchev–Trinajstić information content (AvgIpc) is 3.11. The molecule has 3 aromatic rings. The zero-order valence-corrected chi connectivity index (χ0v) is 28.9. The van der Waals surface area contributed by atoms with Crippen molar-refractivity contribution in [2.45, 2.75) is 63.3 Å².